The lowest BCUT2D eigenvalue weighted by atomic mass is 10.1. The van der Waals surface area contributed by atoms with E-state index < -0.39 is 17.9 Å². The van der Waals surface area contributed by atoms with Gasteiger partial charge in [-0.05, 0) is 74.5 Å². The standard InChI is InChI=1S/C26H32N6O4/c27-17-23(26(35)31-36)30-25(34)21-9-5-19(6-10-21)3-4-20-7-11-22(12-8-20)29-24(33)18-28-13-16-32-14-1-2-15-32/h5-12,23,28,36H,1-2,13-18,27H2,(H,29,33)(H,30,34)(H,31,35)/t23-/m0/s1. The van der Waals surface area contributed by atoms with Gasteiger partial charge in [0.25, 0.3) is 11.8 Å². The van der Waals surface area contributed by atoms with Crippen LogP contribution in [0.3, 0.4) is 0 Å². The molecule has 2 aromatic rings. The second-order valence-corrected chi connectivity index (χ2v) is 8.42. The molecule has 3 rings (SSSR count). The first-order valence-corrected chi connectivity index (χ1v) is 11.9. The molecule has 0 spiro atoms. The van der Waals surface area contributed by atoms with Gasteiger partial charge in [-0.25, -0.2) is 5.48 Å². The Morgan fingerprint density at radius 1 is 0.972 bits per heavy atom. The predicted octanol–water partition coefficient (Wildman–Crippen LogP) is 0.273. The third kappa shape index (κ3) is 8.48. The third-order valence-electron chi connectivity index (χ3n) is 5.72. The summed E-state index contributed by atoms with van der Waals surface area (Å²) < 4.78 is 0. The number of amides is 3. The average Bonchev–Trinajstić information content (AvgIpc) is 3.43. The highest BCUT2D eigenvalue weighted by molar-refractivity contribution is 5.97. The number of anilines is 1. The Balaban J connectivity index is 1.45. The molecule has 0 unspecified atom stereocenters. The molecule has 1 atom stereocenters. The number of hydrogen-bond acceptors (Lipinski definition) is 7. The lowest BCUT2D eigenvalue weighted by molar-refractivity contribution is -0.130. The average molecular weight is 493 g/mol. The van der Waals surface area contributed by atoms with E-state index in [1.807, 2.05) is 12.1 Å². The number of hydroxylamine groups is 1. The Kier molecular flexibility index (Phi) is 10.4. The van der Waals surface area contributed by atoms with Gasteiger partial charge in [0, 0.05) is 42.0 Å². The molecule has 1 aliphatic heterocycles. The molecule has 1 aliphatic rings. The van der Waals surface area contributed by atoms with Crippen molar-refractivity contribution in [2.45, 2.75) is 18.9 Å². The Morgan fingerprint density at radius 2 is 1.58 bits per heavy atom. The van der Waals surface area contributed by atoms with Crippen LogP contribution in [0.25, 0.3) is 0 Å². The van der Waals surface area contributed by atoms with E-state index in [0.717, 1.165) is 31.7 Å². The van der Waals surface area contributed by atoms with E-state index in [4.69, 9.17) is 10.9 Å². The van der Waals surface area contributed by atoms with Gasteiger partial charge in [0.2, 0.25) is 5.91 Å². The summed E-state index contributed by atoms with van der Waals surface area (Å²) in [6.45, 7) is 4.17. The maximum atomic E-state index is 12.3. The van der Waals surface area contributed by atoms with Crippen LogP contribution in [0.1, 0.15) is 34.3 Å². The van der Waals surface area contributed by atoms with Crippen LogP contribution in [0.2, 0.25) is 0 Å². The summed E-state index contributed by atoms with van der Waals surface area (Å²) in [5, 5.41) is 17.2. The fourth-order valence-electron chi connectivity index (χ4n) is 3.69. The fraction of sp³-hybridized carbons (Fsp3) is 0.346. The zero-order chi connectivity index (χ0) is 25.8. The van der Waals surface area contributed by atoms with Gasteiger partial charge in [-0.3, -0.25) is 19.6 Å². The molecule has 0 aliphatic carbocycles. The quantitative estimate of drug-likeness (QED) is 0.121. The summed E-state index contributed by atoms with van der Waals surface area (Å²) in [5.74, 6) is 4.70. The summed E-state index contributed by atoms with van der Waals surface area (Å²) in [4.78, 5) is 38.2. The molecule has 10 heteroatoms. The minimum atomic E-state index is -1.04. The molecule has 0 aromatic heterocycles. The van der Waals surface area contributed by atoms with Crippen LogP contribution in [0.15, 0.2) is 48.5 Å². The van der Waals surface area contributed by atoms with Crippen molar-refractivity contribution >= 4 is 23.4 Å². The van der Waals surface area contributed by atoms with Crippen molar-refractivity contribution < 1.29 is 19.6 Å². The van der Waals surface area contributed by atoms with Crippen LogP contribution in [0.5, 0.6) is 0 Å². The number of rotatable bonds is 10. The highest BCUT2D eigenvalue weighted by Crippen LogP contribution is 2.10. The smallest absolute Gasteiger partial charge is 0.267 e. The molecule has 7 N–H and O–H groups in total. The molecule has 10 nitrogen and oxygen atoms in total. The van der Waals surface area contributed by atoms with Crippen LogP contribution < -0.4 is 27.2 Å². The van der Waals surface area contributed by atoms with Gasteiger partial charge in [-0.2, -0.15) is 0 Å². The monoisotopic (exact) mass is 492 g/mol. The summed E-state index contributed by atoms with van der Waals surface area (Å²) in [7, 11) is 0. The van der Waals surface area contributed by atoms with Crippen molar-refractivity contribution in [1.29, 1.82) is 0 Å². The van der Waals surface area contributed by atoms with Gasteiger partial charge >= 0.3 is 0 Å². The maximum absolute atomic E-state index is 12.3. The van der Waals surface area contributed by atoms with E-state index in [9.17, 15) is 14.4 Å². The molecule has 3 amide bonds. The van der Waals surface area contributed by atoms with Gasteiger partial charge < -0.3 is 26.6 Å². The SMILES string of the molecule is NC[C@H](NC(=O)c1ccc(C#Cc2ccc(NC(=O)CNCCN3CCCC3)cc2)cc1)C(=O)NO. The van der Waals surface area contributed by atoms with Crippen LogP contribution in [-0.2, 0) is 9.59 Å². The highest BCUT2D eigenvalue weighted by Gasteiger charge is 2.19. The Labute approximate surface area is 210 Å². The lowest BCUT2D eigenvalue weighted by Crippen LogP contribution is -2.50. The lowest BCUT2D eigenvalue weighted by Gasteiger charge is -2.14. The van der Waals surface area contributed by atoms with Gasteiger partial charge in [-0.15, -0.1) is 0 Å². The molecule has 2 aromatic carbocycles. The molecular weight excluding hydrogens is 460 g/mol. The number of nitrogens with two attached hydrogens (primary N) is 1. The number of benzene rings is 2. The van der Waals surface area contributed by atoms with E-state index in [0.29, 0.717) is 16.8 Å². The van der Waals surface area contributed by atoms with E-state index in [1.165, 1.54) is 18.3 Å². The molecule has 0 saturated carbocycles. The zero-order valence-electron chi connectivity index (χ0n) is 20.0. The first-order chi connectivity index (χ1) is 17.5. The van der Waals surface area contributed by atoms with Crippen LogP contribution in [-0.4, -0.2) is 73.1 Å². The predicted molar refractivity (Wildman–Crippen MR) is 136 cm³/mol. The van der Waals surface area contributed by atoms with E-state index in [2.05, 4.69) is 32.7 Å². The first kappa shape index (κ1) is 26.8. The van der Waals surface area contributed by atoms with Gasteiger partial charge in [0.1, 0.15) is 6.04 Å². The second-order valence-electron chi connectivity index (χ2n) is 8.42. The van der Waals surface area contributed by atoms with Crippen LogP contribution in [0.4, 0.5) is 5.69 Å². The Bertz CT molecular complexity index is 1090. The van der Waals surface area contributed by atoms with Crippen LogP contribution in [0, 0.1) is 11.8 Å². The fourth-order valence-corrected chi connectivity index (χ4v) is 3.69. The van der Waals surface area contributed by atoms with Gasteiger partial charge in [0.15, 0.2) is 0 Å². The minimum Gasteiger partial charge on any atom is -0.339 e. The summed E-state index contributed by atoms with van der Waals surface area (Å²) in [5.41, 5.74) is 9.42. The normalized spacial score (nSPS) is 13.8. The van der Waals surface area contributed by atoms with E-state index in [1.54, 1.807) is 36.4 Å². The first-order valence-electron chi connectivity index (χ1n) is 11.9. The second kappa shape index (κ2) is 14.0. The molecule has 36 heavy (non-hydrogen) atoms. The minimum absolute atomic E-state index is 0.0887. The zero-order valence-corrected chi connectivity index (χ0v) is 20.0. The molecule has 1 fully saturated rings. The summed E-state index contributed by atoms with van der Waals surface area (Å²) >= 11 is 0. The molecule has 190 valence electrons. The largest absolute Gasteiger partial charge is 0.339 e. The number of carbonyl (C=O) groups excluding carboxylic acids is 3. The van der Waals surface area contributed by atoms with Crippen molar-refractivity contribution in [2.75, 3.05) is 44.6 Å². The van der Waals surface area contributed by atoms with Crippen LogP contribution >= 0.6 is 0 Å². The summed E-state index contributed by atoms with van der Waals surface area (Å²) in [6.07, 6.45) is 2.52. The number of hydrogen-bond donors (Lipinski definition) is 6. The van der Waals surface area contributed by atoms with E-state index in [-0.39, 0.29) is 19.0 Å². The highest BCUT2D eigenvalue weighted by atomic mass is 16.5. The van der Waals surface area contributed by atoms with E-state index >= 15 is 0 Å². The molecule has 1 saturated heterocycles. The number of likely N-dealkylation sites (tertiary alicyclic amines) is 1. The topological polar surface area (TPSA) is 149 Å². The number of nitrogens with one attached hydrogen (secondary N) is 4. The molecule has 0 radical (unpaired) electrons. The number of carbonyl (C=O) groups is 3. The van der Waals surface area contributed by atoms with Crippen molar-refractivity contribution in [3.8, 4) is 11.8 Å². The number of nitrogens with zero attached hydrogens (tertiary/aromatic N) is 1. The van der Waals surface area contributed by atoms with Crippen molar-refractivity contribution in [2.24, 2.45) is 5.73 Å². The summed E-state index contributed by atoms with van der Waals surface area (Å²) in [6, 6.07) is 12.8. The maximum Gasteiger partial charge on any atom is 0.267 e. The molecule has 1 heterocycles. The van der Waals surface area contributed by atoms with Crippen molar-refractivity contribution in [1.82, 2.24) is 21.0 Å². The molecular formula is C26H32N6O4. The third-order valence-corrected chi connectivity index (χ3v) is 5.72. The Morgan fingerprint density at radius 3 is 2.17 bits per heavy atom. The van der Waals surface area contributed by atoms with Crippen molar-refractivity contribution in [3.05, 3.63) is 65.2 Å². The molecule has 0 bridgehead atoms. The van der Waals surface area contributed by atoms with Gasteiger partial charge in [0.05, 0.1) is 6.54 Å². The van der Waals surface area contributed by atoms with Crippen molar-refractivity contribution in [3.63, 3.8) is 0 Å². The van der Waals surface area contributed by atoms with Gasteiger partial charge in [-0.1, -0.05) is 11.8 Å². The Hall–Kier alpha value is -3.75.